The SMILES string of the molecule is Cc1ccc(S(=O)(=O)N(CC(=O)NCCOc2ccc(F)cc2)c2ccc(F)cc2)cc1. The van der Waals surface area contributed by atoms with Gasteiger partial charge in [0, 0.05) is 0 Å². The van der Waals surface area contributed by atoms with Gasteiger partial charge in [0.25, 0.3) is 10.0 Å². The maximum Gasteiger partial charge on any atom is 0.264 e. The number of ether oxygens (including phenoxy) is 1. The van der Waals surface area contributed by atoms with Crippen LogP contribution in [0.1, 0.15) is 5.56 Å². The van der Waals surface area contributed by atoms with Crippen LogP contribution in [0, 0.1) is 18.6 Å². The highest BCUT2D eigenvalue weighted by Gasteiger charge is 2.27. The molecule has 0 atom stereocenters. The van der Waals surface area contributed by atoms with Crippen molar-refractivity contribution in [2.75, 3.05) is 24.0 Å². The van der Waals surface area contributed by atoms with Gasteiger partial charge in [-0.05, 0) is 67.6 Å². The number of anilines is 1. The number of carbonyl (C=O) groups is 1. The Balaban J connectivity index is 1.69. The molecule has 1 amide bonds. The standard InChI is InChI=1S/C23H22F2N2O4S/c1-17-2-12-22(13-3-17)32(29,30)27(20-8-4-18(24)5-9-20)16-23(28)26-14-15-31-21-10-6-19(25)7-11-21/h2-13H,14-16H2,1H3,(H,26,28). The third-order valence-corrected chi connectivity index (χ3v) is 6.31. The van der Waals surface area contributed by atoms with Crippen molar-refractivity contribution in [2.24, 2.45) is 0 Å². The first kappa shape index (κ1) is 23.2. The molecule has 3 rings (SSSR count). The fraction of sp³-hybridized carbons (Fsp3) is 0.174. The molecule has 3 aromatic carbocycles. The summed E-state index contributed by atoms with van der Waals surface area (Å²) in [5.74, 6) is -1.03. The summed E-state index contributed by atoms with van der Waals surface area (Å²) in [6, 6.07) is 16.5. The van der Waals surface area contributed by atoms with E-state index in [4.69, 9.17) is 4.74 Å². The lowest BCUT2D eigenvalue weighted by Gasteiger charge is -2.24. The van der Waals surface area contributed by atoms with E-state index in [1.165, 1.54) is 48.5 Å². The van der Waals surface area contributed by atoms with Crippen LogP contribution in [0.4, 0.5) is 14.5 Å². The highest BCUT2D eigenvalue weighted by atomic mass is 32.2. The molecule has 0 aliphatic carbocycles. The predicted molar refractivity (Wildman–Crippen MR) is 117 cm³/mol. The zero-order valence-corrected chi connectivity index (χ0v) is 18.1. The Labute approximate surface area is 185 Å². The largest absolute Gasteiger partial charge is 0.492 e. The molecule has 0 aromatic heterocycles. The van der Waals surface area contributed by atoms with Gasteiger partial charge in [-0.2, -0.15) is 0 Å². The van der Waals surface area contributed by atoms with Gasteiger partial charge in [0.15, 0.2) is 0 Å². The monoisotopic (exact) mass is 460 g/mol. The van der Waals surface area contributed by atoms with E-state index >= 15 is 0 Å². The molecule has 9 heteroatoms. The van der Waals surface area contributed by atoms with Crippen LogP contribution in [-0.4, -0.2) is 34.0 Å². The number of nitrogens with one attached hydrogen (secondary N) is 1. The second-order valence-electron chi connectivity index (χ2n) is 6.95. The molecule has 0 aliphatic rings. The zero-order valence-electron chi connectivity index (χ0n) is 17.3. The van der Waals surface area contributed by atoms with E-state index in [9.17, 15) is 22.0 Å². The molecule has 0 bridgehead atoms. The van der Waals surface area contributed by atoms with Crippen LogP contribution in [0.5, 0.6) is 5.75 Å². The first-order valence-corrected chi connectivity index (χ1v) is 11.2. The van der Waals surface area contributed by atoms with E-state index < -0.39 is 28.3 Å². The first-order chi connectivity index (χ1) is 15.3. The van der Waals surface area contributed by atoms with Gasteiger partial charge in [0.2, 0.25) is 5.91 Å². The Hall–Kier alpha value is -3.46. The second kappa shape index (κ2) is 10.2. The van der Waals surface area contributed by atoms with Gasteiger partial charge in [0.1, 0.15) is 30.5 Å². The molecule has 0 unspecified atom stereocenters. The van der Waals surface area contributed by atoms with Crippen LogP contribution in [0.15, 0.2) is 77.7 Å². The maximum atomic E-state index is 13.4. The summed E-state index contributed by atoms with van der Waals surface area (Å²) in [6.45, 7) is 1.55. The van der Waals surface area contributed by atoms with Gasteiger partial charge in [-0.1, -0.05) is 17.7 Å². The molecule has 3 aromatic rings. The number of hydrogen-bond acceptors (Lipinski definition) is 4. The van der Waals surface area contributed by atoms with Crippen molar-refractivity contribution in [1.82, 2.24) is 5.32 Å². The lowest BCUT2D eigenvalue weighted by molar-refractivity contribution is -0.119. The minimum Gasteiger partial charge on any atom is -0.492 e. The van der Waals surface area contributed by atoms with Gasteiger partial charge in [-0.25, -0.2) is 17.2 Å². The maximum absolute atomic E-state index is 13.4. The third-order valence-electron chi connectivity index (χ3n) is 4.52. The molecule has 0 saturated carbocycles. The number of rotatable bonds is 9. The second-order valence-corrected chi connectivity index (χ2v) is 8.82. The molecule has 0 spiro atoms. The van der Waals surface area contributed by atoms with Gasteiger partial charge < -0.3 is 10.1 Å². The van der Waals surface area contributed by atoms with Crippen molar-refractivity contribution >= 4 is 21.6 Å². The molecule has 0 aliphatic heterocycles. The Morgan fingerprint density at radius 2 is 1.47 bits per heavy atom. The molecule has 32 heavy (non-hydrogen) atoms. The van der Waals surface area contributed by atoms with Crippen molar-refractivity contribution in [3.05, 3.63) is 90.0 Å². The van der Waals surface area contributed by atoms with Crippen molar-refractivity contribution in [2.45, 2.75) is 11.8 Å². The molecule has 0 saturated heterocycles. The quantitative estimate of drug-likeness (QED) is 0.495. The van der Waals surface area contributed by atoms with Crippen LogP contribution in [-0.2, 0) is 14.8 Å². The number of nitrogens with zero attached hydrogens (tertiary/aromatic N) is 1. The minimum atomic E-state index is -4.07. The highest BCUT2D eigenvalue weighted by Crippen LogP contribution is 2.24. The number of halogens is 2. The summed E-state index contributed by atoms with van der Waals surface area (Å²) in [6.07, 6.45) is 0. The normalized spacial score (nSPS) is 11.1. The van der Waals surface area contributed by atoms with E-state index in [-0.39, 0.29) is 29.6 Å². The summed E-state index contributed by atoms with van der Waals surface area (Å²) in [7, 11) is -4.07. The summed E-state index contributed by atoms with van der Waals surface area (Å²) < 4.78 is 59.0. The number of benzene rings is 3. The fourth-order valence-electron chi connectivity index (χ4n) is 2.84. The van der Waals surface area contributed by atoms with Gasteiger partial charge in [0.05, 0.1) is 17.1 Å². The molecular formula is C23H22F2N2O4S. The zero-order chi connectivity index (χ0) is 23.1. The van der Waals surface area contributed by atoms with Crippen LogP contribution >= 0.6 is 0 Å². The number of carbonyl (C=O) groups excluding carboxylic acids is 1. The number of aryl methyl sites for hydroxylation is 1. The van der Waals surface area contributed by atoms with Crippen LogP contribution < -0.4 is 14.4 Å². The predicted octanol–water partition coefficient (Wildman–Crippen LogP) is 3.66. The average molecular weight is 461 g/mol. The molecule has 0 fully saturated rings. The smallest absolute Gasteiger partial charge is 0.264 e. The van der Waals surface area contributed by atoms with E-state index in [1.807, 2.05) is 6.92 Å². The van der Waals surface area contributed by atoms with Crippen molar-refractivity contribution in [1.29, 1.82) is 0 Å². The summed E-state index contributed by atoms with van der Waals surface area (Å²) >= 11 is 0. The lowest BCUT2D eigenvalue weighted by Crippen LogP contribution is -2.41. The summed E-state index contributed by atoms with van der Waals surface area (Å²) in [5.41, 5.74) is 1.04. The lowest BCUT2D eigenvalue weighted by atomic mass is 10.2. The van der Waals surface area contributed by atoms with E-state index in [0.29, 0.717) is 5.75 Å². The highest BCUT2D eigenvalue weighted by molar-refractivity contribution is 7.92. The average Bonchev–Trinajstić information content (AvgIpc) is 2.77. The Kier molecular flexibility index (Phi) is 7.42. The topological polar surface area (TPSA) is 75.7 Å². The van der Waals surface area contributed by atoms with Gasteiger partial charge >= 0.3 is 0 Å². The fourth-order valence-corrected chi connectivity index (χ4v) is 4.26. The van der Waals surface area contributed by atoms with Gasteiger partial charge in [-0.15, -0.1) is 0 Å². The molecule has 6 nitrogen and oxygen atoms in total. The van der Waals surface area contributed by atoms with Crippen molar-refractivity contribution in [3.8, 4) is 5.75 Å². The number of sulfonamides is 1. The molecular weight excluding hydrogens is 438 g/mol. The Bertz CT molecular complexity index is 1150. The van der Waals surface area contributed by atoms with Crippen LogP contribution in [0.25, 0.3) is 0 Å². The van der Waals surface area contributed by atoms with E-state index in [2.05, 4.69) is 5.32 Å². The van der Waals surface area contributed by atoms with Crippen molar-refractivity contribution < 1.29 is 26.7 Å². The van der Waals surface area contributed by atoms with Gasteiger partial charge in [-0.3, -0.25) is 9.10 Å². The van der Waals surface area contributed by atoms with E-state index in [0.717, 1.165) is 22.0 Å². The molecule has 0 radical (unpaired) electrons. The third kappa shape index (κ3) is 6.04. The Morgan fingerprint density at radius 1 is 0.906 bits per heavy atom. The molecule has 0 heterocycles. The van der Waals surface area contributed by atoms with Crippen molar-refractivity contribution in [3.63, 3.8) is 0 Å². The number of hydrogen-bond donors (Lipinski definition) is 1. The molecule has 168 valence electrons. The van der Waals surface area contributed by atoms with Crippen LogP contribution in [0.2, 0.25) is 0 Å². The molecule has 1 N–H and O–H groups in total. The first-order valence-electron chi connectivity index (χ1n) is 9.76. The van der Waals surface area contributed by atoms with E-state index in [1.54, 1.807) is 12.1 Å². The minimum absolute atomic E-state index is 0.0138. The number of amides is 1. The Morgan fingerprint density at radius 3 is 2.06 bits per heavy atom. The summed E-state index contributed by atoms with van der Waals surface area (Å²) in [4.78, 5) is 12.5. The van der Waals surface area contributed by atoms with Crippen LogP contribution in [0.3, 0.4) is 0 Å². The summed E-state index contributed by atoms with van der Waals surface area (Å²) in [5, 5.41) is 2.59.